The molecular weight excluding hydrogens is 276 g/mol. The highest BCUT2D eigenvalue weighted by atomic mass is 35.5. The first-order valence-corrected chi connectivity index (χ1v) is 7.51. The zero-order valence-electron chi connectivity index (χ0n) is 12.1. The van der Waals surface area contributed by atoms with E-state index in [1.807, 2.05) is 6.07 Å². The Labute approximate surface area is 125 Å². The van der Waals surface area contributed by atoms with Crippen LogP contribution >= 0.6 is 11.6 Å². The van der Waals surface area contributed by atoms with Gasteiger partial charge in [-0.25, -0.2) is 4.98 Å². The molecule has 0 aliphatic carbocycles. The van der Waals surface area contributed by atoms with Gasteiger partial charge < -0.3 is 15.8 Å². The van der Waals surface area contributed by atoms with Crippen molar-refractivity contribution in [3.05, 3.63) is 22.8 Å². The molecule has 0 bridgehead atoms. The van der Waals surface area contributed by atoms with Crippen molar-refractivity contribution >= 4 is 17.4 Å². The van der Waals surface area contributed by atoms with Gasteiger partial charge in [-0.15, -0.1) is 0 Å². The highest BCUT2D eigenvalue weighted by Crippen LogP contribution is 2.27. The molecule has 3 N–H and O–H groups in total. The van der Waals surface area contributed by atoms with Crippen molar-refractivity contribution in [3.63, 3.8) is 0 Å². The fourth-order valence-corrected chi connectivity index (χ4v) is 2.76. The van der Waals surface area contributed by atoms with E-state index < -0.39 is 0 Å². The first kappa shape index (κ1) is 15.5. The van der Waals surface area contributed by atoms with Gasteiger partial charge >= 0.3 is 0 Å². The average Bonchev–Trinajstić information content (AvgIpc) is 2.47. The molecule has 0 spiro atoms. The standard InChI is InChI=1S/C14H23ClN4O/c1-3-17-13(11-7-10(15)8-18-14(11)16)12-9-19(4-2)5-6-20-12/h7-8,12-13,17H,3-6,9H2,1-2H3,(H2,16,18). The Hall–Kier alpha value is -0.880. The second kappa shape index (κ2) is 7.22. The summed E-state index contributed by atoms with van der Waals surface area (Å²) in [7, 11) is 0. The van der Waals surface area contributed by atoms with E-state index in [1.54, 1.807) is 6.20 Å². The summed E-state index contributed by atoms with van der Waals surface area (Å²) in [6.45, 7) is 8.72. The number of hydrogen-bond acceptors (Lipinski definition) is 5. The number of rotatable bonds is 5. The molecule has 0 aromatic carbocycles. The molecule has 1 fully saturated rings. The molecule has 2 rings (SSSR count). The molecule has 1 aromatic rings. The minimum atomic E-state index is 0.0144. The highest BCUT2D eigenvalue weighted by molar-refractivity contribution is 6.30. The number of anilines is 1. The Kier molecular flexibility index (Phi) is 5.60. The van der Waals surface area contributed by atoms with Crippen molar-refractivity contribution in [2.24, 2.45) is 0 Å². The third-order valence-corrected chi connectivity index (χ3v) is 3.88. The SMILES string of the molecule is CCNC(c1cc(Cl)cnc1N)C1CN(CC)CCO1. The monoisotopic (exact) mass is 298 g/mol. The summed E-state index contributed by atoms with van der Waals surface area (Å²) >= 11 is 6.06. The van der Waals surface area contributed by atoms with Crippen LogP contribution in [0.3, 0.4) is 0 Å². The van der Waals surface area contributed by atoms with E-state index in [4.69, 9.17) is 22.1 Å². The molecule has 5 nitrogen and oxygen atoms in total. The lowest BCUT2D eigenvalue weighted by molar-refractivity contribution is -0.0452. The van der Waals surface area contributed by atoms with Crippen LogP contribution in [0, 0.1) is 0 Å². The van der Waals surface area contributed by atoms with Crippen molar-refractivity contribution in [3.8, 4) is 0 Å². The van der Waals surface area contributed by atoms with E-state index in [1.165, 1.54) is 0 Å². The molecule has 0 radical (unpaired) electrons. The van der Waals surface area contributed by atoms with Crippen LogP contribution < -0.4 is 11.1 Å². The molecule has 0 amide bonds. The van der Waals surface area contributed by atoms with Gasteiger partial charge in [-0.2, -0.15) is 0 Å². The number of nitrogen functional groups attached to an aromatic ring is 1. The lowest BCUT2D eigenvalue weighted by atomic mass is 10.0. The molecule has 6 heteroatoms. The number of morpholine rings is 1. The van der Waals surface area contributed by atoms with Crippen molar-refractivity contribution in [2.75, 3.05) is 38.5 Å². The van der Waals surface area contributed by atoms with E-state index in [2.05, 4.69) is 29.0 Å². The maximum absolute atomic E-state index is 6.06. The molecular formula is C14H23ClN4O. The van der Waals surface area contributed by atoms with Gasteiger partial charge in [-0.1, -0.05) is 25.4 Å². The summed E-state index contributed by atoms with van der Waals surface area (Å²) in [4.78, 5) is 6.53. The number of nitrogens with zero attached hydrogens (tertiary/aromatic N) is 2. The topological polar surface area (TPSA) is 63.4 Å². The van der Waals surface area contributed by atoms with Gasteiger partial charge in [0, 0.05) is 24.8 Å². The van der Waals surface area contributed by atoms with Crippen LogP contribution in [-0.4, -0.2) is 48.8 Å². The largest absolute Gasteiger partial charge is 0.383 e. The van der Waals surface area contributed by atoms with Gasteiger partial charge in [0.2, 0.25) is 0 Å². The number of pyridine rings is 1. The van der Waals surface area contributed by atoms with E-state index in [0.717, 1.165) is 38.3 Å². The second-order valence-electron chi connectivity index (χ2n) is 4.97. The minimum absolute atomic E-state index is 0.0144. The molecule has 0 saturated carbocycles. The van der Waals surface area contributed by atoms with Crippen molar-refractivity contribution < 1.29 is 4.74 Å². The molecule has 2 atom stereocenters. The number of likely N-dealkylation sites (N-methyl/N-ethyl adjacent to an activating group) is 2. The van der Waals surface area contributed by atoms with E-state index in [-0.39, 0.29) is 12.1 Å². The molecule has 1 aliphatic rings. The van der Waals surface area contributed by atoms with Gasteiger partial charge in [0.1, 0.15) is 5.82 Å². The Bertz CT molecular complexity index is 443. The van der Waals surface area contributed by atoms with Crippen LogP contribution in [0.25, 0.3) is 0 Å². The summed E-state index contributed by atoms with van der Waals surface area (Å²) < 4.78 is 5.94. The van der Waals surface area contributed by atoms with Crippen molar-refractivity contribution in [1.29, 1.82) is 0 Å². The highest BCUT2D eigenvalue weighted by Gasteiger charge is 2.30. The summed E-state index contributed by atoms with van der Waals surface area (Å²) in [5.74, 6) is 0.512. The first-order chi connectivity index (χ1) is 9.65. The molecule has 112 valence electrons. The zero-order chi connectivity index (χ0) is 14.5. The fraction of sp³-hybridized carbons (Fsp3) is 0.643. The Morgan fingerprint density at radius 3 is 3.10 bits per heavy atom. The zero-order valence-corrected chi connectivity index (χ0v) is 12.9. The maximum atomic E-state index is 6.06. The molecule has 2 heterocycles. The number of nitrogens with two attached hydrogens (primary N) is 1. The van der Waals surface area contributed by atoms with Gasteiger partial charge in [-0.05, 0) is 19.2 Å². The number of halogens is 1. The van der Waals surface area contributed by atoms with E-state index in [9.17, 15) is 0 Å². The van der Waals surface area contributed by atoms with Crippen LogP contribution in [0.1, 0.15) is 25.5 Å². The van der Waals surface area contributed by atoms with E-state index >= 15 is 0 Å². The average molecular weight is 299 g/mol. The summed E-state index contributed by atoms with van der Waals surface area (Å²) in [5.41, 5.74) is 6.93. The van der Waals surface area contributed by atoms with Gasteiger partial charge in [-0.3, -0.25) is 4.90 Å². The van der Waals surface area contributed by atoms with Crippen molar-refractivity contribution in [2.45, 2.75) is 26.0 Å². The van der Waals surface area contributed by atoms with Gasteiger partial charge in [0.15, 0.2) is 0 Å². The second-order valence-corrected chi connectivity index (χ2v) is 5.40. The van der Waals surface area contributed by atoms with Crippen LogP contribution in [0.2, 0.25) is 5.02 Å². The van der Waals surface area contributed by atoms with Crippen LogP contribution in [-0.2, 0) is 4.74 Å². The van der Waals surface area contributed by atoms with Crippen LogP contribution in [0.5, 0.6) is 0 Å². The molecule has 20 heavy (non-hydrogen) atoms. The molecule has 1 saturated heterocycles. The summed E-state index contributed by atoms with van der Waals surface area (Å²) in [5, 5.41) is 4.05. The van der Waals surface area contributed by atoms with Gasteiger partial charge in [0.05, 0.1) is 23.8 Å². The Morgan fingerprint density at radius 1 is 1.60 bits per heavy atom. The van der Waals surface area contributed by atoms with Crippen LogP contribution in [0.15, 0.2) is 12.3 Å². The predicted octanol–water partition coefficient (Wildman–Crippen LogP) is 1.69. The molecule has 2 unspecified atom stereocenters. The third kappa shape index (κ3) is 3.61. The lowest BCUT2D eigenvalue weighted by Crippen LogP contribution is -2.48. The minimum Gasteiger partial charge on any atom is -0.383 e. The Balaban J connectivity index is 2.23. The van der Waals surface area contributed by atoms with Gasteiger partial charge in [0.25, 0.3) is 0 Å². The lowest BCUT2D eigenvalue weighted by Gasteiger charge is -2.37. The van der Waals surface area contributed by atoms with Crippen LogP contribution in [0.4, 0.5) is 5.82 Å². The molecule has 1 aromatic heterocycles. The predicted molar refractivity (Wildman–Crippen MR) is 81.9 cm³/mol. The normalized spacial score (nSPS) is 21.9. The number of aromatic nitrogens is 1. The summed E-state index contributed by atoms with van der Waals surface area (Å²) in [6, 6.07) is 1.89. The van der Waals surface area contributed by atoms with Crippen molar-refractivity contribution in [1.82, 2.24) is 15.2 Å². The number of hydrogen-bond donors (Lipinski definition) is 2. The fourth-order valence-electron chi connectivity index (χ4n) is 2.60. The third-order valence-electron chi connectivity index (χ3n) is 3.67. The maximum Gasteiger partial charge on any atom is 0.128 e. The Morgan fingerprint density at radius 2 is 2.40 bits per heavy atom. The number of nitrogens with one attached hydrogen (secondary N) is 1. The summed E-state index contributed by atoms with van der Waals surface area (Å²) in [6.07, 6.45) is 1.63. The molecule has 1 aliphatic heterocycles. The number of ether oxygens (including phenoxy) is 1. The smallest absolute Gasteiger partial charge is 0.128 e. The first-order valence-electron chi connectivity index (χ1n) is 7.14. The van der Waals surface area contributed by atoms with E-state index in [0.29, 0.717) is 10.8 Å². The quantitative estimate of drug-likeness (QED) is 0.866.